The van der Waals surface area contributed by atoms with Crippen LogP contribution >= 0.6 is 15.9 Å². The van der Waals surface area contributed by atoms with E-state index in [9.17, 15) is 13.2 Å². The number of hydrogen-bond donors (Lipinski definition) is 2. The van der Waals surface area contributed by atoms with E-state index >= 15 is 0 Å². The Kier molecular flexibility index (Phi) is 3.24. The number of carbonyl (C=O) groups is 1. The number of amides is 1. The van der Waals surface area contributed by atoms with Gasteiger partial charge in [-0.25, -0.2) is 13.1 Å². The predicted octanol–water partition coefficient (Wildman–Crippen LogP) is 1.24. The summed E-state index contributed by atoms with van der Waals surface area (Å²) in [6.07, 6.45) is 0.220. The molecule has 0 spiro atoms. The highest BCUT2D eigenvalue weighted by Gasteiger charge is 2.24. The van der Waals surface area contributed by atoms with Gasteiger partial charge in [0, 0.05) is 16.7 Å². The number of halogens is 1. The standard InChI is InChI=1S/C10H11BrN2O3S/c1-2-12-17(15,16)9-3-6-4-10(14)13-8(6)5-7(9)11/h3,5,12H,2,4H2,1H3,(H,13,14). The van der Waals surface area contributed by atoms with E-state index in [0.717, 1.165) is 0 Å². The van der Waals surface area contributed by atoms with E-state index in [1.807, 2.05) is 0 Å². The summed E-state index contributed by atoms with van der Waals surface area (Å²) in [4.78, 5) is 11.4. The number of sulfonamides is 1. The van der Waals surface area contributed by atoms with Gasteiger partial charge in [-0.2, -0.15) is 0 Å². The molecule has 2 N–H and O–H groups in total. The van der Waals surface area contributed by atoms with Gasteiger partial charge in [-0.3, -0.25) is 4.79 Å². The molecule has 7 heteroatoms. The quantitative estimate of drug-likeness (QED) is 0.880. The molecule has 0 atom stereocenters. The summed E-state index contributed by atoms with van der Waals surface area (Å²) in [5.41, 5.74) is 1.37. The molecule has 0 aliphatic carbocycles. The van der Waals surface area contributed by atoms with Crippen LogP contribution in [0.5, 0.6) is 0 Å². The van der Waals surface area contributed by atoms with E-state index in [2.05, 4.69) is 26.0 Å². The van der Waals surface area contributed by atoms with Crippen molar-refractivity contribution in [2.75, 3.05) is 11.9 Å². The number of fused-ring (bicyclic) bond motifs is 1. The van der Waals surface area contributed by atoms with E-state index in [1.165, 1.54) is 6.07 Å². The summed E-state index contributed by atoms with van der Waals surface area (Å²) in [5, 5.41) is 2.66. The average Bonchev–Trinajstić information content (AvgIpc) is 2.55. The van der Waals surface area contributed by atoms with E-state index in [-0.39, 0.29) is 17.2 Å². The molecule has 1 aromatic carbocycles. The fourth-order valence-corrected chi connectivity index (χ4v) is 3.83. The summed E-state index contributed by atoms with van der Waals surface area (Å²) in [5.74, 6) is -0.120. The molecule has 0 unspecified atom stereocenters. The van der Waals surface area contributed by atoms with Gasteiger partial charge in [-0.05, 0) is 33.6 Å². The summed E-state index contributed by atoms with van der Waals surface area (Å²) in [7, 11) is -3.52. The molecular formula is C10H11BrN2O3S. The number of nitrogens with one attached hydrogen (secondary N) is 2. The number of carbonyl (C=O) groups excluding carboxylic acids is 1. The van der Waals surface area contributed by atoms with Crippen molar-refractivity contribution in [3.05, 3.63) is 22.2 Å². The summed E-state index contributed by atoms with van der Waals surface area (Å²) in [6, 6.07) is 3.14. The lowest BCUT2D eigenvalue weighted by Gasteiger charge is -2.08. The van der Waals surface area contributed by atoms with Gasteiger partial charge in [0.15, 0.2) is 0 Å². The van der Waals surface area contributed by atoms with Gasteiger partial charge in [0.25, 0.3) is 0 Å². The molecule has 1 aromatic rings. The second-order valence-electron chi connectivity index (χ2n) is 3.67. The molecule has 1 aliphatic heterocycles. The lowest BCUT2D eigenvalue weighted by atomic mass is 10.2. The van der Waals surface area contributed by atoms with Gasteiger partial charge >= 0.3 is 0 Å². The smallest absolute Gasteiger partial charge is 0.241 e. The molecule has 1 heterocycles. The van der Waals surface area contributed by atoms with Crippen molar-refractivity contribution in [3.63, 3.8) is 0 Å². The second kappa shape index (κ2) is 4.40. The van der Waals surface area contributed by atoms with Crippen LogP contribution in [0.25, 0.3) is 0 Å². The van der Waals surface area contributed by atoms with Crippen LogP contribution in [0.1, 0.15) is 12.5 Å². The zero-order chi connectivity index (χ0) is 12.6. The summed E-state index contributed by atoms with van der Waals surface area (Å²) in [6.45, 7) is 2.03. The highest BCUT2D eigenvalue weighted by molar-refractivity contribution is 9.10. The Balaban J connectivity index is 2.51. The predicted molar refractivity (Wildman–Crippen MR) is 67.3 cm³/mol. The van der Waals surface area contributed by atoms with Crippen molar-refractivity contribution in [1.82, 2.24) is 4.72 Å². The monoisotopic (exact) mass is 318 g/mol. The Labute approximate surface area is 108 Å². The second-order valence-corrected chi connectivity index (χ2v) is 6.26. The molecule has 0 fully saturated rings. The third-order valence-corrected chi connectivity index (χ3v) is 4.91. The van der Waals surface area contributed by atoms with Crippen LogP contribution in [0.4, 0.5) is 5.69 Å². The van der Waals surface area contributed by atoms with Gasteiger partial charge in [0.2, 0.25) is 15.9 Å². The number of anilines is 1. The number of benzene rings is 1. The van der Waals surface area contributed by atoms with Crippen molar-refractivity contribution in [3.8, 4) is 0 Å². The first-order valence-corrected chi connectivity index (χ1v) is 7.33. The molecule has 1 aliphatic rings. The maximum Gasteiger partial charge on any atom is 0.241 e. The highest BCUT2D eigenvalue weighted by atomic mass is 79.9. The van der Waals surface area contributed by atoms with Crippen LogP contribution in [0.3, 0.4) is 0 Å². The zero-order valence-electron chi connectivity index (χ0n) is 9.08. The Bertz CT molecular complexity index is 583. The number of hydrogen-bond acceptors (Lipinski definition) is 3. The minimum atomic E-state index is -3.52. The number of rotatable bonds is 3. The summed E-state index contributed by atoms with van der Waals surface area (Å²) < 4.78 is 26.6. The normalized spacial score (nSPS) is 14.6. The first-order chi connectivity index (χ1) is 7.94. The van der Waals surface area contributed by atoms with E-state index in [4.69, 9.17) is 0 Å². The fourth-order valence-electron chi connectivity index (χ4n) is 1.70. The molecule has 5 nitrogen and oxygen atoms in total. The molecule has 0 saturated carbocycles. The van der Waals surface area contributed by atoms with Crippen molar-refractivity contribution in [1.29, 1.82) is 0 Å². The van der Waals surface area contributed by atoms with E-state index in [0.29, 0.717) is 22.3 Å². The van der Waals surface area contributed by atoms with Crippen molar-refractivity contribution < 1.29 is 13.2 Å². The third kappa shape index (κ3) is 2.36. The van der Waals surface area contributed by atoms with Crippen molar-refractivity contribution in [2.45, 2.75) is 18.2 Å². The van der Waals surface area contributed by atoms with Crippen LogP contribution in [0.2, 0.25) is 0 Å². The molecule has 0 aromatic heterocycles. The van der Waals surface area contributed by atoms with Crippen LogP contribution in [-0.4, -0.2) is 20.9 Å². The Hall–Kier alpha value is -0.920. The molecule has 92 valence electrons. The minimum absolute atomic E-state index is 0.120. The zero-order valence-corrected chi connectivity index (χ0v) is 11.5. The van der Waals surface area contributed by atoms with Crippen LogP contribution in [0, 0.1) is 0 Å². The van der Waals surface area contributed by atoms with Crippen molar-refractivity contribution >= 4 is 37.5 Å². The maximum atomic E-state index is 11.9. The van der Waals surface area contributed by atoms with Gasteiger partial charge < -0.3 is 5.32 Å². The van der Waals surface area contributed by atoms with Crippen LogP contribution < -0.4 is 10.0 Å². The third-order valence-electron chi connectivity index (χ3n) is 2.41. The van der Waals surface area contributed by atoms with Crippen molar-refractivity contribution in [2.24, 2.45) is 0 Å². The maximum absolute atomic E-state index is 11.9. The average molecular weight is 319 g/mol. The first-order valence-electron chi connectivity index (χ1n) is 5.06. The van der Waals surface area contributed by atoms with Crippen LogP contribution in [-0.2, 0) is 21.2 Å². The minimum Gasteiger partial charge on any atom is -0.325 e. The van der Waals surface area contributed by atoms with Gasteiger partial charge in [0.1, 0.15) is 0 Å². The molecule has 0 bridgehead atoms. The van der Waals surface area contributed by atoms with E-state index in [1.54, 1.807) is 13.0 Å². The van der Waals surface area contributed by atoms with E-state index < -0.39 is 10.0 Å². The SMILES string of the molecule is CCNS(=O)(=O)c1cc2c(cc1Br)NC(=O)C2. The van der Waals surface area contributed by atoms with Gasteiger partial charge in [0.05, 0.1) is 11.3 Å². The van der Waals surface area contributed by atoms with Gasteiger partial charge in [-0.15, -0.1) is 0 Å². The molecule has 0 radical (unpaired) electrons. The summed E-state index contributed by atoms with van der Waals surface area (Å²) >= 11 is 3.21. The molecular weight excluding hydrogens is 308 g/mol. The Morgan fingerprint density at radius 2 is 2.18 bits per heavy atom. The molecule has 0 saturated heterocycles. The lowest BCUT2D eigenvalue weighted by Crippen LogP contribution is -2.23. The molecule has 2 rings (SSSR count). The highest BCUT2D eigenvalue weighted by Crippen LogP contribution is 2.32. The fraction of sp³-hybridized carbons (Fsp3) is 0.300. The topological polar surface area (TPSA) is 75.3 Å². The van der Waals surface area contributed by atoms with Gasteiger partial charge in [-0.1, -0.05) is 6.92 Å². The molecule has 17 heavy (non-hydrogen) atoms. The largest absolute Gasteiger partial charge is 0.325 e. The molecule has 1 amide bonds. The Morgan fingerprint density at radius 3 is 2.82 bits per heavy atom. The lowest BCUT2D eigenvalue weighted by molar-refractivity contribution is -0.115. The first kappa shape index (κ1) is 12.5. The van der Waals surface area contributed by atoms with Crippen LogP contribution in [0.15, 0.2) is 21.5 Å². The Morgan fingerprint density at radius 1 is 1.47 bits per heavy atom.